The van der Waals surface area contributed by atoms with Crippen molar-refractivity contribution in [2.24, 2.45) is 0 Å². The van der Waals surface area contributed by atoms with Gasteiger partial charge in [0, 0.05) is 19.6 Å². The molecule has 0 saturated heterocycles. The average Bonchev–Trinajstić information content (AvgIpc) is 2.32. The van der Waals surface area contributed by atoms with Crippen molar-refractivity contribution in [1.29, 1.82) is 0 Å². The topological polar surface area (TPSA) is 41.1 Å². The maximum atomic E-state index is 6.17. The fourth-order valence-corrected chi connectivity index (χ4v) is 1.90. The minimum absolute atomic E-state index is 0.619. The van der Waals surface area contributed by atoms with Crippen LogP contribution in [-0.2, 0) is 0 Å². The predicted molar refractivity (Wildman–Crippen MR) is 74.0 cm³/mol. The standard InChI is InChI=1S/C12H21ClN4/c1-4-7-17(8-5-2)11-10(13)9-15-12(16-11)14-6-3/h9H,4-8H2,1-3H3,(H,14,15,16). The van der Waals surface area contributed by atoms with Gasteiger partial charge in [-0.3, -0.25) is 0 Å². The molecule has 0 radical (unpaired) electrons. The Bertz CT molecular complexity index is 337. The molecular formula is C12H21ClN4. The molecule has 5 heteroatoms. The molecule has 1 aromatic heterocycles. The zero-order chi connectivity index (χ0) is 12.7. The summed E-state index contributed by atoms with van der Waals surface area (Å²) in [6.07, 6.45) is 3.83. The highest BCUT2D eigenvalue weighted by atomic mass is 35.5. The second kappa shape index (κ2) is 7.33. The fourth-order valence-electron chi connectivity index (χ4n) is 1.69. The Hall–Kier alpha value is -1.03. The van der Waals surface area contributed by atoms with Crippen molar-refractivity contribution in [1.82, 2.24) is 9.97 Å². The van der Waals surface area contributed by atoms with Crippen LogP contribution in [0.5, 0.6) is 0 Å². The SMILES string of the molecule is CCCN(CCC)c1nc(NCC)ncc1Cl. The largest absolute Gasteiger partial charge is 0.355 e. The molecule has 0 aliphatic carbocycles. The molecule has 1 aromatic rings. The van der Waals surface area contributed by atoms with Crippen molar-refractivity contribution in [3.63, 3.8) is 0 Å². The molecule has 1 heterocycles. The maximum Gasteiger partial charge on any atom is 0.224 e. The summed E-state index contributed by atoms with van der Waals surface area (Å²) in [6.45, 7) is 9.08. The number of nitrogens with one attached hydrogen (secondary N) is 1. The van der Waals surface area contributed by atoms with Gasteiger partial charge >= 0.3 is 0 Å². The molecule has 0 aliphatic heterocycles. The molecule has 1 N–H and O–H groups in total. The molecule has 1 rings (SSSR count). The van der Waals surface area contributed by atoms with Crippen LogP contribution in [0, 0.1) is 0 Å². The third-order valence-corrected chi connectivity index (χ3v) is 2.61. The second-order valence-corrected chi connectivity index (χ2v) is 4.29. The molecule has 0 amide bonds. The Labute approximate surface area is 108 Å². The van der Waals surface area contributed by atoms with Gasteiger partial charge in [-0.15, -0.1) is 0 Å². The van der Waals surface area contributed by atoms with E-state index in [1.807, 2.05) is 6.92 Å². The quantitative estimate of drug-likeness (QED) is 0.814. The average molecular weight is 257 g/mol. The van der Waals surface area contributed by atoms with Crippen LogP contribution in [0.2, 0.25) is 5.02 Å². The smallest absolute Gasteiger partial charge is 0.224 e. The van der Waals surface area contributed by atoms with Gasteiger partial charge in [0.25, 0.3) is 0 Å². The van der Waals surface area contributed by atoms with Gasteiger partial charge in [-0.25, -0.2) is 4.98 Å². The Kier molecular flexibility index (Phi) is 6.05. The zero-order valence-corrected chi connectivity index (χ0v) is 11.6. The molecule has 0 unspecified atom stereocenters. The van der Waals surface area contributed by atoms with E-state index in [-0.39, 0.29) is 0 Å². The minimum atomic E-state index is 0.619. The van der Waals surface area contributed by atoms with Crippen LogP contribution in [0.4, 0.5) is 11.8 Å². The number of hydrogen-bond donors (Lipinski definition) is 1. The normalized spacial score (nSPS) is 10.4. The lowest BCUT2D eigenvalue weighted by Gasteiger charge is -2.23. The summed E-state index contributed by atoms with van der Waals surface area (Å²) in [5, 5.41) is 3.73. The molecule has 0 saturated carbocycles. The summed E-state index contributed by atoms with van der Waals surface area (Å²) >= 11 is 6.17. The summed E-state index contributed by atoms with van der Waals surface area (Å²) < 4.78 is 0. The second-order valence-electron chi connectivity index (χ2n) is 3.88. The van der Waals surface area contributed by atoms with Crippen LogP contribution < -0.4 is 10.2 Å². The van der Waals surface area contributed by atoms with Crippen LogP contribution in [0.1, 0.15) is 33.6 Å². The molecular weight excluding hydrogens is 236 g/mol. The van der Waals surface area contributed by atoms with Gasteiger partial charge in [0.2, 0.25) is 5.95 Å². The molecule has 0 aliphatic rings. The summed E-state index contributed by atoms with van der Waals surface area (Å²) in [5.41, 5.74) is 0. The van der Waals surface area contributed by atoms with Crippen LogP contribution >= 0.6 is 11.6 Å². The van der Waals surface area contributed by atoms with Gasteiger partial charge in [0.15, 0.2) is 5.82 Å². The third kappa shape index (κ3) is 4.04. The fraction of sp³-hybridized carbons (Fsp3) is 0.667. The summed E-state index contributed by atoms with van der Waals surface area (Å²) in [7, 11) is 0. The third-order valence-electron chi connectivity index (χ3n) is 2.35. The van der Waals surface area contributed by atoms with Crippen molar-refractivity contribution in [2.75, 3.05) is 29.9 Å². The van der Waals surface area contributed by atoms with Crippen molar-refractivity contribution < 1.29 is 0 Å². The molecule has 0 fully saturated rings. The number of nitrogens with zero attached hydrogens (tertiary/aromatic N) is 3. The first-order chi connectivity index (χ1) is 8.22. The molecule has 96 valence electrons. The lowest BCUT2D eigenvalue weighted by atomic mass is 10.3. The number of hydrogen-bond acceptors (Lipinski definition) is 4. The lowest BCUT2D eigenvalue weighted by molar-refractivity contribution is 0.733. The van der Waals surface area contributed by atoms with E-state index < -0.39 is 0 Å². The van der Waals surface area contributed by atoms with Gasteiger partial charge in [-0.2, -0.15) is 4.98 Å². The van der Waals surface area contributed by atoms with Crippen LogP contribution in [0.15, 0.2) is 6.20 Å². The van der Waals surface area contributed by atoms with E-state index in [4.69, 9.17) is 11.6 Å². The van der Waals surface area contributed by atoms with Crippen molar-refractivity contribution >= 4 is 23.4 Å². The first-order valence-corrected chi connectivity index (χ1v) is 6.62. The molecule has 0 aromatic carbocycles. The van der Waals surface area contributed by atoms with Crippen molar-refractivity contribution in [3.8, 4) is 0 Å². The number of halogens is 1. The van der Waals surface area contributed by atoms with E-state index in [1.165, 1.54) is 0 Å². The van der Waals surface area contributed by atoms with E-state index in [1.54, 1.807) is 6.20 Å². The maximum absolute atomic E-state index is 6.17. The predicted octanol–water partition coefficient (Wildman–Crippen LogP) is 3.19. The Morgan fingerprint density at radius 1 is 1.24 bits per heavy atom. The van der Waals surface area contributed by atoms with Gasteiger partial charge in [0.05, 0.1) is 6.20 Å². The number of rotatable bonds is 7. The van der Waals surface area contributed by atoms with E-state index in [9.17, 15) is 0 Å². The van der Waals surface area contributed by atoms with Crippen LogP contribution in [0.3, 0.4) is 0 Å². The molecule has 0 atom stereocenters. The molecule has 0 bridgehead atoms. The minimum Gasteiger partial charge on any atom is -0.355 e. The van der Waals surface area contributed by atoms with Crippen molar-refractivity contribution in [2.45, 2.75) is 33.6 Å². The van der Waals surface area contributed by atoms with Crippen molar-refractivity contribution in [3.05, 3.63) is 11.2 Å². The van der Waals surface area contributed by atoms with Gasteiger partial charge < -0.3 is 10.2 Å². The molecule has 17 heavy (non-hydrogen) atoms. The van der Waals surface area contributed by atoms with Crippen LogP contribution in [0.25, 0.3) is 0 Å². The van der Waals surface area contributed by atoms with E-state index in [0.29, 0.717) is 11.0 Å². The van der Waals surface area contributed by atoms with Crippen LogP contribution in [-0.4, -0.2) is 29.6 Å². The monoisotopic (exact) mass is 256 g/mol. The lowest BCUT2D eigenvalue weighted by Crippen LogP contribution is -2.26. The Morgan fingerprint density at radius 3 is 2.41 bits per heavy atom. The zero-order valence-electron chi connectivity index (χ0n) is 10.8. The first-order valence-electron chi connectivity index (χ1n) is 6.24. The Balaban J connectivity index is 2.94. The van der Waals surface area contributed by atoms with E-state index in [0.717, 1.165) is 38.3 Å². The highest BCUT2D eigenvalue weighted by Gasteiger charge is 2.12. The van der Waals surface area contributed by atoms with Gasteiger partial charge in [-0.1, -0.05) is 25.4 Å². The number of aromatic nitrogens is 2. The van der Waals surface area contributed by atoms with Gasteiger partial charge in [0.1, 0.15) is 5.02 Å². The first kappa shape index (κ1) is 14.0. The Morgan fingerprint density at radius 2 is 1.88 bits per heavy atom. The summed E-state index contributed by atoms with van der Waals surface area (Å²) in [6, 6.07) is 0. The summed E-state index contributed by atoms with van der Waals surface area (Å²) in [5.74, 6) is 1.48. The number of anilines is 2. The molecule has 0 spiro atoms. The highest BCUT2D eigenvalue weighted by molar-refractivity contribution is 6.32. The van der Waals surface area contributed by atoms with Gasteiger partial charge in [-0.05, 0) is 19.8 Å². The van der Waals surface area contributed by atoms with E-state index >= 15 is 0 Å². The molecule has 4 nitrogen and oxygen atoms in total. The highest BCUT2D eigenvalue weighted by Crippen LogP contribution is 2.24. The summed E-state index contributed by atoms with van der Waals surface area (Å²) in [4.78, 5) is 10.8. The van der Waals surface area contributed by atoms with E-state index in [2.05, 4.69) is 34.0 Å².